The second-order valence-electron chi connectivity index (χ2n) is 6.12. The van der Waals surface area contributed by atoms with Crippen LogP contribution in [0.15, 0.2) is 29.3 Å². The van der Waals surface area contributed by atoms with Gasteiger partial charge in [0.1, 0.15) is 5.75 Å². The Morgan fingerprint density at radius 1 is 1.26 bits per heavy atom. The molecule has 0 saturated heterocycles. The van der Waals surface area contributed by atoms with E-state index in [4.69, 9.17) is 4.74 Å². The predicted octanol–water partition coefficient (Wildman–Crippen LogP) is 2.10. The molecule has 1 aliphatic carbocycles. The average molecular weight is 319 g/mol. The molecular weight excluding hydrogens is 290 g/mol. The van der Waals surface area contributed by atoms with Crippen molar-refractivity contribution in [2.45, 2.75) is 44.6 Å². The van der Waals surface area contributed by atoms with E-state index in [1.54, 1.807) is 7.11 Å². The molecule has 0 aromatic heterocycles. The van der Waals surface area contributed by atoms with Gasteiger partial charge in [-0.3, -0.25) is 4.99 Å². The second-order valence-corrected chi connectivity index (χ2v) is 6.12. The number of nitrogens with one attached hydrogen (secondary N) is 2. The van der Waals surface area contributed by atoms with Crippen LogP contribution in [0.1, 0.15) is 38.2 Å². The van der Waals surface area contributed by atoms with E-state index in [0.717, 1.165) is 56.9 Å². The molecule has 0 atom stereocenters. The molecule has 0 heterocycles. The van der Waals surface area contributed by atoms with E-state index >= 15 is 0 Å². The highest BCUT2D eigenvalue weighted by molar-refractivity contribution is 5.79. The number of methoxy groups -OCH3 is 1. The fourth-order valence-corrected chi connectivity index (χ4v) is 2.98. The number of hydrogen-bond acceptors (Lipinski definition) is 3. The third kappa shape index (κ3) is 5.43. The van der Waals surface area contributed by atoms with Crippen molar-refractivity contribution in [3.8, 4) is 5.75 Å². The summed E-state index contributed by atoms with van der Waals surface area (Å²) in [5.74, 6) is 1.68. The summed E-state index contributed by atoms with van der Waals surface area (Å²) >= 11 is 0. The molecule has 23 heavy (non-hydrogen) atoms. The lowest BCUT2D eigenvalue weighted by Gasteiger charge is -2.20. The van der Waals surface area contributed by atoms with E-state index < -0.39 is 5.60 Å². The fraction of sp³-hybridized carbons (Fsp3) is 0.611. The Labute approximate surface area is 139 Å². The van der Waals surface area contributed by atoms with E-state index in [1.165, 1.54) is 5.56 Å². The van der Waals surface area contributed by atoms with Gasteiger partial charge in [0, 0.05) is 13.1 Å². The first-order valence-corrected chi connectivity index (χ1v) is 8.53. The van der Waals surface area contributed by atoms with Crippen LogP contribution in [0.2, 0.25) is 0 Å². The van der Waals surface area contributed by atoms with E-state index in [0.29, 0.717) is 6.54 Å². The van der Waals surface area contributed by atoms with Crippen LogP contribution >= 0.6 is 0 Å². The Kier molecular flexibility index (Phi) is 6.71. The van der Waals surface area contributed by atoms with Crippen molar-refractivity contribution >= 4 is 5.96 Å². The normalized spacial score (nSPS) is 17.1. The molecule has 0 bridgehead atoms. The lowest BCUT2D eigenvalue weighted by Crippen LogP contribution is -2.40. The van der Waals surface area contributed by atoms with Crippen molar-refractivity contribution in [1.29, 1.82) is 0 Å². The van der Waals surface area contributed by atoms with Crippen molar-refractivity contribution in [2.75, 3.05) is 26.7 Å². The Hall–Kier alpha value is -1.75. The minimum absolute atomic E-state index is 0.469. The first-order valence-electron chi connectivity index (χ1n) is 8.53. The Morgan fingerprint density at radius 2 is 2.00 bits per heavy atom. The zero-order valence-corrected chi connectivity index (χ0v) is 14.3. The van der Waals surface area contributed by atoms with Crippen molar-refractivity contribution in [3.63, 3.8) is 0 Å². The maximum atomic E-state index is 10.4. The molecule has 0 unspecified atom stereocenters. The van der Waals surface area contributed by atoms with Gasteiger partial charge in [0.15, 0.2) is 5.96 Å². The Bertz CT molecular complexity index is 511. The molecule has 1 aromatic rings. The summed E-state index contributed by atoms with van der Waals surface area (Å²) in [7, 11) is 1.69. The SMILES string of the molecule is CCNC(=NCC1(O)CCCC1)NCCc1ccccc1OC. The van der Waals surface area contributed by atoms with Crippen molar-refractivity contribution < 1.29 is 9.84 Å². The molecule has 0 aliphatic heterocycles. The Morgan fingerprint density at radius 3 is 2.70 bits per heavy atom. The molecule has 0 radical (unpaired) electrons. The van der Waals surface area contributed by atoms with Crippen LogP contribution in [0.25, 0.3) is 0 Å². The van der Waals surface area contributed by atoms with Gasteiger partial charge in [0.2, 0.25) is 0 Å². The first kappa shape index (κ1) is 17.6. The predicted molar refractivity (Wildman–Crippen MR) is 94.1 cm³/mol. The van der Waals surface area contributed by atoms with E-state index in [2.05, 4.69) is 21.7 Å². The fourth-order valence-electron chi connectivity index (χ4n) is 2.98. The zero-order valence-electron chi connectivity index (χ0n) is 14.3. The highest BCUT2D eigenvalue weighted by Crippen LogP contribution is 2.29. The lowest BCUT2D eigenvalue weighted by molar-refractivity contribution is 0.0574. The summed E-state index contributed by atoms with van der Waals surface area (Å²) in [6.07, 6.45) is 4.78. The van der Waals surface area contributed by atoms with Crippen LogP contribution in [0, 0.1) is 0 Å². The molecule has 0 amide bonds. The average Bonchev–Trinajstić information content (AvgIpc) is 3.00. The third-order valence-corrected chi connectivity index (χ3v) is 4.29. The summed E-state index contributed by atoms with van der Waals surface area (Å²) in [4.78, 5) is 4.55. The molecule has 2 rings (SSSR count). The number of aliphatic hydroxyl groups is 1. The zero-order chi connectivity index (χ0) is 16.5. The topological polar surface area (TPSA) is 65.9 Å². The van der Waals surface area contributed by atoms with Crippen LogP contribution in [0.5, 0.6) is 5.75 Å². The standard InChI is InChI=1S/C18H29N3O2/c1-3-19-17(21-14-18(22)11-6-7-12-18)20-13-10-15-8-4-5-9-16(15)23-2/h4-5,8-9,22H,3,6-7,10-14H2,1-2H3,(H2,19,20,21). The number of para-hydroxylation sites is 1. The van der Waals surface area contributed by atoms with Gasteiger partial charge < -0.3 is 20.5 Å². The number of rotatable bonds is 7. The number of ether oxygens (including phenoxy) is 1. The maximum absolute atomic E-state index is 10.4. The molecule has 1 aromatic carbocycles. The number of aliphatic imine (C=N–C) groups is 1. The smallest absolute Gasteiger partial charge is 0.191 e. The first-order chi connectivity index (χ1) is 11.2. The minimum atomic E-state index is -0.606. The summed E-state index contributed by atoms with van der Waals surface area (Å²) in [5.41, 5.74) is 0.568. The molecule has 0 spiro atoms. The van der Waals surface area contributed by atoms with Gasteiger partial charge in [-0.2, -0.15) is 0 Å². The van der Waals surface area contributed by atoms with Crippen molar-refractivity contribution in [2.24, 2.45) is 4.99 Å². The largest absolute Gasteiger partial charge is 0.496 e. The van der Waals surface area contributed by atoms with Crippen LogP contribution in [-0.4, -0.2) is 43.4 Å². The van der Waals surface area contributed by atoms with Gasteiger partial charge in [-0.25, -0.2) is 0 Å². The van der Waals surface area contributed by atoms with Gasteiger partial charge in [0.25, 0.3) is 0 Å². The quantitative estimate of drug-likeness (QED) is 0.532. The number of nitrogens with zero attached hydrogens (tertiary/aromatic N) is 1. The van der Waals surface area contributed by atoms with Gasteiger partial charge >= 0.3 is 0 Å². The molecular formula is C18H29N3O2. The minimum Gasteiger partial charge on any atom is -0.496 e. The maximum Gasteiger partial charge on any atom is 0.191 e. The molecule has 5 nitrogen and oxygen atoms in total. The number of hydrogen-bond donors (Lipinski definition) is 3. The van der Waals surface area contributed by atoms with Crippen LogP contribution < -0.4 is 15.4 Å². The number of benzene rings is 1. The summed E-state index contributed by atoms with van der Waals surface area (Å²) in [5, 5.41) is 17.0. The third-order valence-electron chi connectivity index (χ3n) is 4.29. The van der Waals surface area contributed by atoms with E-state index in [-0.39, 0.29) is 0 Å². The molecule has 1 fully saturated rings. The second kappa shape index (κ2) is 8.77. The molecule has 1 saturated carbocycles. The molecule has 3 N–H and O–H groups in total. The van der Waals surface area contributed by atoms with E-state index in [1.807, 2.05) is 25.1 Å². The summed E-state index contributed by atoms with van der Waals surface area (Å²) in [6.45, 7) is 4.09. The highest BCUT2D eigenvalue weighted by Gasteiger charge is 2.30. The molecule has 5 heteroatoms. The molecule has 128 valence electrons. The summed E-state index contributed by atoms with van der Waals surface area (Å²) < 4.78 is 5.37. The Balaban J connectivity index is 1.86. The van der Waals surface area contributed by atoms with Crippen LogP contribution in [-0.2, 0) is 6.42 Å². The van der Waals surface area contributed by atoms with Crippen molar-refractivity contribution in [1.82, 2.24) is 10.6 Å². The highest BCUT2D eigenvalue weighted by atomic mass is 16.5. The van der Waals surface area contributed by atoms with Crippen LogP contribution in [0.3, 0.4) is 0 Å². The number of guanidine groups is 1. The van der Waals surface area contributed by atoms with Gasteiger partial charge in [-0.15, -0.1) is 0 Å². The monoisotopic (exact) mass is 319 g/mol. The van der Waals surface area contributed by atoms with Gasteiger partial charge in [-0.1, -0.05) is 31.0 Å². The molecule has 1 aliphatic rings. The van der Waals surface area contributed by atoms with Crippen LogP contribution in [0.4, 0.5) is 0 Å². The van der Waals surface area contributed by atoms with Gasteiger partial charge in [0.05, 0.1) is 19.3 Å². The van der Waals surface area contributed by atoms with Gasteiger partial charge in [-0.05, 0) is 37.8 Å². The lowest BCUT2D eigenvalue weighted by atomic mass is 10.0. The summed E-state index contributed by atoms with van der Waals surface area (Å²) in [6, 6.07) is 8.05. The van der Waals surface area contributed by atoms with Crippen molar-refractivity contribution in [3.05, 3.63) is 29.8 Å². The van der Waals surface area contributed by atoms with E-state index in [9.17, 15) is 5.11 Å².